The Bertz CT molecular complexity index is 845. The Morgan fingerprint density at radius 1 is 1.29 bits per heavy atom. The van der Waals surface area contributed by atoms with Gasteiger partial charge in [0.2, 0.25) is 0 Å². The summed E-state index contributed by atoms with van der Waals surface area (Å²) in [4.78, 5) is 4.43. The van der Waals surface area contributed by atoms with E-state index in [0.29, 0.717) is 16.9 Å². The Balaban J connectivity index is 2.37. The van der Waals surface area contributed by atoms with Crippen molar-refractivity contribution in [1.29, 1.82) is 0 Å². The van der Waals surface area contributed by atoms with Gasteiger partial charge in [0.05, 0.1) is 27.6 Å². The third-order valence-corrected chi connectivity index (χ3v) is 4.39. The van der Waals surface area contributed by atoms with Crippen molar-refractivity contribution in [3.8, 4) is 5.69 Å². The molecule has 21 heavy (non-hydrogen) atoms. The first-order chi connectivity index (χ1) is 10.0. The molecule has 0 saturated carbocycles. The Labute approximate surface area is 139 Å². The van der Waals surface area contributed by atoms with Crippen LogP contribution in [0.4, 0.5) is 4.39 Å². The fourth-order valence-corrected chi connectivity index (χ4v) is 3.28. The third-order valence-electron chi connectivity index (χ3n) is 3.23. The quantitative estimate of drug-likeness (QED) is 0.521. The number of aromatic nitrogens is 2. The van der Waals surface area contributed by atoms with Gasteiger partial charge in [-0.25, -0.2) is 9.37 Å². The van der Waals surface area contributed by atoms with Gasteiger partial charge in [0, 0.05) is 10.5 Å². The SMILES string of the molecule is Cc1ccc(-n2c(CCl)nc3cc(Cl)c(F)cc32)c(Br)c1. The predicted molar refractivity (Wildman–Crippen MR) is 88.0 cm³/mol. The van der Waals surface area contributed by atoms with E-state index in [4.69, 9.17) is 23.2 Å². The number of rotatable bonds is 2. The Kier molecular flexibility index (Phi) is 3.95. The summed E-state index contributed by atoms with van der Waals surface area (Å²) in [5.74, 6) is 0.376. The first-order valence-corrected chi connectivity index (χ1v) is 7.90. The van der Waals surface area contributed by atoms with Crippen molar-refractivity contribution in [3.63, 3.8) is 0 Å². The molecule has 1 heterocycles. The molecule has 0 bridgehead atoms. The van der Waals surface area contributed by atoms with Gasteiger partial charge in [-0.1, -0.05) is 17.7 Å². The van der Waals surface area contributed by atoms with Crippen LogP contribution in [0.2, 0.25) is 5.02 Å². The van der Waals surface area contributed by atoms with Crippen LogP contribution in [-0.2, 0) is 5.88 Å². The Morgan fingerprint density at radius 2 is 2.05 bits per heavy atom. The van der Waals surface area contributed by atoms with Crippen LogP contribution in [0.5, 0.6) is 0 Å². The van der Waals surface area contributed by atoms with Crippen molar-refractivity contribution in [1.82, 2.24) is 9.55 Å². The highest BCUT2D eigenvalue weighted by molar-refractivity contribution is 9.10. The van der Waals surface area contributed by atoms with Crippen LogP contribution < -0.4 is 0 Å². The van der Waals surface area contributed by atoms with Gasteiger partial charge in [-0.05, 0) is 46.6 Å². The fraction of sp³-hybridized carbons (Fsp3) is 0.133. The number of imidazole rings is 1. The zero-order valence-corrected chi connectivity index (χ0v) is 14.1. The molecule has 0 radical (unpaired) electrons. The summed E-state index contributed by atoms with van der Waals surface area (Å²) in [6.45, 7) is 2.00. The topological polar surface area (TPSA) is 17.8 Å². The molecule has 2 nitrogen and oxygen atoms in total. The number of alkyl halides is 1. The molecule has 0 atom stereocenters. The van der Waals surface area contributed by atoms with E-state index in [1.165, 1.54) is 12.1 Å². The third kappa shape index (κ3) is 2.56. The highest BCUT2D eigenvalue weighted by atomic mass is 79.9. The van der Waals surface area contributed by atoms with Crippen LogP contribution in [0.25, 0.3) is 16.7 Å². The average Bonchev–Trinajstić information content (AvgIpc) is 2.77. The highest BCUT2D eigenvalue weighted by Gasteiger charge is 2.16. The number of aryl methyl sites for hydroxylation is 1. The molecule has 0 aliphatic rings. The van der Waals surface area contributed by atoms with E-state index in [1.54, 1.807) is 0 Å². The molecule has 0 saturated heterocycles. The number of benzene rings is 2. The zero-order valence-electron chi connectivity index (χ0n) is 11.0. The molecule has 0 spiro atoms. The lowest BCUT2D eigenvalue weighted by Gasteiger charge is -2.11. The van der Waals surface area contributed by atoms with Crippen LogP contribution in [0.1, 0.15) is 11.4 Å². The van der Waals surface area contributed by atoms with Gasteiger partial charge < -0.3 is 0 Å². The van der Waals surface area contributed by atoms with Crippen molar-refractivity contribution in [3.05, 3.63) is 57.0 Å². The summed E-state index contributed by atoms with van der Waals surface area (Å²) < 4.78 is 16.5. The second kappa shape index (κ2) is 5.59. The number of halogens is 4. The molecule has 0 amide bonds. The number of hydrogen-bond donors (Lipinski definition) is 0. The van der Waals surface area contributed by atoms with Gasteiger partial charge >= 0.3 is 0 Å². The molecule has 6 heteroatoms. The Morgan fingerprint density at radius 3 is 2.71 bits per heavy atom. The summed E-state index contributed by atoms with van der Waals surface area (Å²) in [7, 11) is 0. The molecule has 3 aromatic rings. The second-order valence-electron chi connectivity index (χ2n) is 4.71. The van der Waals surface area contributed by atoms with Gasteiger partial charge in [-0.15, -0.1) is 11.6 Å². The largest absolute Gasteiger partial charge is 0.294 e. The Hall–Kier alpha value is -1.10. The first kappa shape index (κ1) is 14.8. The van der Waals surface area contributed by atoms with Crippen LogP contribution in [0.15, 0.2) is 34.8 Å². The van der Waals surface area contributed by atoms with E-state index in [9.17, 15) is 4.39 Å². The number of hydrogen-bond acceptors (Lipinski definition) is 1. The van der Waals surface area contributed by atoms with E-state index >= 15 is 0 Å². The van der Waals surface area contributed by atoms with Crippen LogP contribution >= 0.6 is 39.1 Å². The van der Waals surface area contributed by atoms with Crippen molar-refractivity contribution < 1.29 is 4.39 Å². The molecule has 108 valence electrons. The molecular formula is C15H10BrCl2FN2. The summed E-state index contributed by atoms with van der Waals surface area (Å²) >= 11 is 15.4. The molecule has 3 rings (SSSR count). The van der Waals surface area contributed by atoms with E-state index in [-0.39, 0.29) is 10.9 Å². The summed E-state index contributed by atoms with van der Waals surface area (Å²) in [6.07, 6.45) is 0. The van der Waals surface area contributed by atoms with E-state index in [1.807, 2.05) is 29.7 Å². The summed E-state index contributed by atoms with van der Waals surface area (Å²) in [5.41, 5.74) is 3.23. The van der Waals surface area contributed by atoms with Crippen molar-refractivity contribution >= 4 is 50.2 Å². The van der Waals surface area contributed by atoms with Gasteiger partial charge in [0.25, 0.3) is 0 Å². The maximum Gasteiger partial charge on any atom is 0.144 e. The van der Waals surface area contributed by atoms with Gasteiger partial charge in [0.15, 0.2) is 0 Å². The standard InChI is InChI=1S/C15H10BrCl2FN2/c1-8-2-3-13(9(16)4-8)21-14-6-11(19)10(18)5-12(14)20-15(21)7-17/h2-6H,7H2,1H3. The smallest absolute Gasteiger partial charge is 0.144 e. The minimum Gasteiger partial charge on any atom is -0.294 e. The first-order valence-electron chi connectivity index (χ1n) is 6.20. The van der Waals surface area contributed by atoms with Crippen molar-refractivity contribution in [2.24, 2.45) is 0 Å². The zero-order chi connectivity index (χ0) is 15.1. The van der Waals surface area contributed by atoms with E-state index in [2.05, 4.69) is 20.9 Å². The normalized spacial score (nSPS) is 11.3. The average molecular weight is 388 g/mol. The van der Waals surface area contributed by atoms with Gasteiger partial charge in [-0.3, -0.25) is 4.57 Å². The molecule has 2 aromatic carbocycles. The molecular weight excluding hydrogens is 378 g/mol. The predicted octanol–water partition coefficient (Wildman–Crippen LogP) is 5.63. The monoisotopic (exact) mass is 386 g/mol. The van der Waals surface area contributed by atoms with E-state index in [0.717, 1.165) is 15.7 Å². The summed E-state index contributed by atoms with van der Waals surface area (Å²) in [6, 6.07) is 8.82. The van der Waals surface area contributed by atoms with Crippen molar-refractivity contribution in [2.75, 3.05) is 0 Å². The number of fused-ring (bicyclic) bond motifs is 1. The number of nitrogens with zero attached hydrogens (tertiary/aromatic N) is 2. The second-order valence-corrected chi connectivity index (χ2v) is 6.24. The lowest BCUT2D eigenvalue weighted by molar-refractivity contribution is 0.629. The molecule has 0 aliphatic heterocycles. The van der Waals surface area contributed by atoms with Crippen molar-refractivity contribution in [2.45, 2.75) is 12.8 Å². The molecule has 0 aliphatic carbocycles. The molecule has 0 unspecified atom stereocenters. The maximum atomic E-state index is 13.8. The highest BCUT2D eigenvalue weighted by Crippen LogP contribution is 2.31. The minimum absolute atomic E-state index is 0.0521. The van der Waals surface area contributed by atoms with E-state index < -0.39 is 5.82 Å². The van der Waals surface area contributed by atoms with Crippen LogP contribution in [-0.4, -0.2) is 9.55 Å². The maximum absolute atomic E-state index is 13.8. The molecule has 0 N–H and O–H groups in total. The van der Waals surface area contributed by atoms with Crippen LogP contribution in [0, 0.1) is 12.7 Å². The van der Waals surface area contributed by atoms with Gasteiger partial charge in [-0.2, -0.15) is 0 Å². The molecule has 1 aromatic heterocycles. The lowest BCUT2D eigenvalue weighted by Crippen LogP contribution is -2.00. The van der Waals surface area contributed by atoms with Crippen LogP contribution in [0.3, 0.4) is 0 Å². The van der Waals surface area contributed by atoms with Gasteiger partial charge in [0.1, 0.15) is 11.6 Å². The minimum atomic E-state index is -0.477. The summed E-state index contributed by atoms with van der Waals surface area (Å²) in [5, 5.41) is 0.0521. The lowest BCUT2D eigenvalue weighted by atomic mass is 10.2. The fourth-order valence-electron chi connectivity index (χ4n) is 2.27. The molecule has 0 fully saturated rings.